The number of rotatable bonds is 4. The molecule has 0 atom stereocenters. The first-order valence-electron chi connectivity index (χ1n) is 6.87. The largest absolute Gasteiger partial charge is 0.481 e. The Kier molecular flexibility index (Phi) is 5.00. The molecule has 110 valence electrons. The highest BCUT2D eigenvalue weighted by Gasteiger charge is 2.26. The van der Waals surface area contributed by atoms with Crippen LogP contribution in [0.5, 0.6) is 0 Å². The topological polar surface area (TPSA) is 78.4 Å². The zero-order valence-electron chi connectivity index (χ0n) is 11.5. The van der Waals surface area contributed by atoms with Crippen molar-refractivity contribution in [3.63, 3.8) is 0 Å². The number of hydrogen-bond acceptors (Lipinski definition) is 3. The summed E-state index contributed by atoms with van der Waals surface area (Å²) in [7, 11) is 0. The van der Waals surface area contributed by atoms with Crippen LogP contribution in [0.15, 0.2) is 12.1 Å². The Morgan fingerprint density at radius 1 is 1.30 bits per heavy atom. The molecule has 1 aromatic heterocycles. The third-order valence-corrected chi connectivity index (χ3v) is 4.63. The predicted octanol–water partition coefficient (Wildman–Crippen LogP) is 2.50. The molecule has 6 heteroatoms. The third kappa shape index (κ3) is 4.23. The molecule has 5 nitrogen and oxygen atoms in total. The molecule has 0 aliphatic heterocycles. The van der Waals surface area contributed by atoms with E-state index >= 15 is 0 Å². The van der Waals surface area contributed by atoms with Crippen LogP contribution in [-0.2, 0) is 11.3 Å². The van der Waals surface area contributed by atoms with Crippen molar-refractivity contribution in [2.75, 3.05) is 0 Å². The average molecular weight is 296 g/mol. The first-order valence-corrected chi connectivity index (χ1v) is 7.68. The molecule has 1 heterocycles. The van der Waals surface area contributed by atoms with E-state index in [1.807, 2.05) is 19.1 Å². The molecule has 2 rings (SSSR count). The number of carboxylic acids is 1. The van der Waals surface area contributed by atoms with Gasteiger partial charge < -0.3 is 15.7 Å². The number of hydrogen-bond donors (Lipinski definition) is 3. The van der Waals surface area contributed by atoms with Crippen molar-refractivity contribution >= 4 is 23.3 Å². The van der Waals surface area contributed by atoms with Crippen LogP contribution < -0.4 is 10.6 Å². The van der Waals surface area contributed by atoms with Gasteiger partial charge in [-0.25, -0.2) is 4.79 Å². The molecule has 20 heavy (non-hydrogen) atoms. The SMILES string of the molecule is Cc1ccc(CNC(=O)NC2CCC(C(=O)O)CC2)s1. The molecular weight excluding hydrogens is 276 g/mol. The average Bonchev–Trinajstić information content (AvgIpc) is 2.83. The molecule has 1 aliphatic rings. The second kappa shape index (κ2) is 6.74. The first-order chi connectivity index (χ1) is 9.54. The molecule has 0 unspecified atom stereocenters. The lowest BCUT2D eigenvalue weighted by atomic mass is 9.86. The smallest absolute Gasteiger partial charge is 0.315 e. The molecule has 3 N–H and O–H groups in total. The van der Waals surface area contributed by atoms with Crippen LogP contribution in [0.25, 0.3) is 0 Å². The van der Waals surface area contributed by atoms with Gasteiger partial charge in [0.05, 0.1) is 12.5 Å². The summed E-state index contributed by atoms with van der Waals surface area (Å²) in [6.07, 6.45) is 2.76. The summed E-state index contributed by atoms with van der Waals surface area (Å²) in [4.78, 5) is 25.0. The molecule has 0 radical (unpaired) electrons. The van der Waals surface area contributed by atoms with Gasteiger partial charge in [-0.15, -0.1) is 11.3 Å². The predicted molar refractivity (Wildman–Crippen MR) is 77.8 cm³/mol. The number of thiophene rings is 1. The third-order valence-electron chi connectivity index (χ3n) is 3.63. The number of nitrogens with one attached hydrogen (secondary N) is 2. The molecule has 0 aromatic carbocycles. The number of aliphatic carboxylic acids is 1. The summed E-state index contributed by atoms with van der Waals surface area (Å²) < 4.78 is 0. The van der Waals surface area contributed by atoms with Crippen molar-refractivity contribution in [3.8, 4) is 0 Å². The lowest BCUT2D eigenvalue weighted by molar-refractivity contribution is -0.142. The van der Waals surface area contributed by atoms with Crippen LogP contribution >= 0.6 is 11.3 Å². The van der Waals surface area contributed by atoms with E-state index in [0.29, 0.717) is 19.4 Å². The van der Waals surface area contributed by atoms with Gasteiger partial charge in [0.1, 0.15) is 0 Å². The van der Waals surface area contributed by atoms with Crippen LogP contribution in [0, 0.1) is 12.8 Å². The first kappa shape index (κ1) is 14.8. The molecule has 0 bridgehead atoms. The second-order valence-electron chi connectivity index (χ2n) is 5.23. The summed E-state index contributed by atoms with van der Waals surface area (Å²) in [5.41, 5.74) is 0. The Balaban J connectivity index is 1.69. The quantitative estimate of drug-likeness (QED) is 0.798. The van der Waals surface area contributed by atoms with Crippen molar-refractivity contribution in [1.82, 2.24) is 10.6 Å². The Morgan fingerprint density at radius 2 is 2.00 bits per heavy atom. The highest BCUT2D eigenvalue weighted by molar-refractivity contribution is 7.11. The monoisotopic (exact) mass is 296 g/mol. The molecule has 2 amide bonds. The zero-order chi connectivity index (χ0) is 14.5. The minimum absolute atomic E-state index is 0.0932. The van der Waals surface area contributed by atoms with Crippen LogP contribution in [-0.4, -0.2) is 23.1 Å². The standard InChI is InChI=1S/C14H20N2O3S/c1-9-2-7-12(20-9)8-15-14(19)16-11-5-3-10(4-6-11)13(17)18/h2,7,10-11H,3-6,8H2,1H3,(H,17,18)(H2,15,16,19). The van der Waals surface area contributed by atoms with Crippen molar-refractivity contribution in [2.24, 2.45) is 5.92 Å². The van der Waals surface area contributed by atoms with Gasteiger partial charge >= 0.3 is 12.0 Å². The number of urea groups is 1. The van der Waals surface area contributed by atoms with Crippen LogP contribution in [0.3, 0.4) is 0 Å². The van der Waals surface area contributed by atoms with E-state index < -0.39 is 5.97 Å². The van der Waals surface area contributed by atoms with Crippen molar-refractivity contribution in [3.05, 3.63) is 21.9 Å². The van der Waals surface area contributed by atoms with Crippen molar-refractivity contribution in [1.29, 1.82) is 0 Å². The maximum atomic E-state index is 11.8. The van der Waals surface area contributed by atoms with Gasteiger partial charge in [0.2, 0.25) is 0 Å². The van der Waals surface area contributed by atoms with Crippen LogP contribution in [0.4, 0.5) is 4.79 Å². The van der Waals surface area contributed by atoms with Gasteiger partial charge in [0.25, 0.3) is 0 Å². The number of amides is 2. The second-order valence-corrected chi connectivity index (χ2v) is 6.60. The van der Waals surface area contributed by atoms with E-state index in [-0.39, 0.29) is 18.0 Å². The Morgan fingerprint density at radius 3 is 2.55 bits per heavy atom. The Labute approximate surface area is 122 Å². The summed E-state index contributed by atoms with van der Waals surface area (Å²) >= 11 is 1.67. The molecular formula is C14H20N2O3S. The van der Waals surface area contributed by atoms with Crippen LogP contribution in [0.2, 0.25) is 0 Å². The lowest BCUT2D eigenvalue weighted by Gasteiger charge is -2.26. The highest BCUT2D eigenvalue weighted by atomic mass is 32.1. The summed E-state index contributed by atoms with van der Waals surface area (Å²) in [6.45, 7) is 2.57. The number of carboxylic acid groups (broad SMARTS) is 1. The fourth-order valence-corrected chi connectivity index (χ4v) is 3.30. The van der Waals surface area contributed by atoms with Crippen LogP contribution in [0.1, 0.15) is 35.4 Å². The van der Waals surface area contributed by atoms with E-state index in [1.54, 1.807) is 11.3 Å². The summed E-state index contributed by atoms with van der Waals surface area (Å²) in [5.74, 6) is -0.967. The van der Waals surface area contributed by atoms with Gasteiger partial charge in [-0.2, -0.15) is 0 Å². The molecule has 0 saturated heterocycles. The molecule has 1 aromatic rings. The minimum atomic E-state index is -0.721. The number of carbonyl (C=O) groups is 2. The fraction of sp³-hybridized carbons (Fsp3) is 0.571. The highest BCUT2D eigenvalue weighted by Crippen LogP contribution is 2.24. The van der Waals surface area contributed by atoms with E-state index in [9.17, 15) is 9.59 Å². The summed E-state index contributed by atoms with van der Waals surface area (Å²) in [5, 5.41) is 14.7. The Bertz CT molecular complexity index is 479. The number of carbonyl (C=O) groups excluding carboxylic acids is 1. The van der Waals surface area contributed by atoms with Gasteiger partial charge in [0.15, 0.2) is 0 Å². The maximum absolute atomic E-state index is 11.8. The van der Waals surface area contributed by atoms with Gasteiger partial charge in [-0.05, 0) is 44.7 Å². The normalized spacial score (nSPS) is 22.2. The number of aryl methyl sites for hydroxylation is 1. The maximum Gasteiger partial charge on any atom is 0.315 e. The molecule has 1 aliphatic carbocycles. The minimum Gasteiger partial charge on any atom is -0.481 e. The van der Waals surface area contributed by atoms with Gasteiger partial charge in [-0.1, -0.05) is 0 Å². The molecule has 1 fully saturated rings. The van der Waals surface area contributed by atoms with E-state index in [4.69, 9.17) is 5.11 Å². The van der Waals surface area contributed by atoms with E-state index in [2.05, 4.69) is 10.6 Å². The fourth-order valence-electron chi connectivity index (χ4n) is 2.47. The van der Waals surface area contributed by atoms with E-state index in [1.165, 1.54) is 4.88 Å². The van der Waals surface area contributed by atoms with Crippen molar-refractivity contribution < 1.29 is 14.7 Å². The van der Waals surface area contributed by atoms with Gasteiger partial charge in [0, 0.05) is 15.8 Å². The van der Waals surface area contributed by atoms with E-state index in [0.717, 1.165) is 17.7 Å². The van der Waals surface area contributed by atoms with Gasteiger partial charge in [-0.3, -0.25) is 4.79 Å². The Hall–Kier alpha value is -1.56. The zero-order valence-corrected chi connectivity index (χ0v) is 12.3. The summed E-state index contributed by atoms with van der Waals surface area (Å²) in [6, 6.07) is 3.97. The molecule has 1 saturated carbocycles. The lowest BCUT2D eigenvalue weighted by Crippen LogP contribution is -2.43. The molecule has 0 spiro atoms. The van der Waals surface area contributed by atoms with Crippen molar-refractivity contribution in [2.45, 2.75) is 45.2 Å².